The number of carbonyl (C=O) groups excluding carboxylic acids is 2. The Morgan fingerprint density at radius 3 is 2.44 bits per heavy atom. The van der Waals surface area contributed by atoms with Crippen molar-refractivity contribution in [2.45, 2.75) is 43.9 Å². The van der Waals surface area contributed by atoms with Crippen LogP contribution >= 0.6 is 11.8 Å². The van der Waals surface area contributed by atoms with Crippen molar-refractivity contribution < 1.29 is 19.1 Å². The summed E-state index contributed by atoms with van der Waals surface area (Å²) in [7, 11) is 1.66. The van der Waals surface area contributed by atoms with Gasteiger partial charge in [0.25, 0.3) is 0 Å². The molecule has 1 aromatic heterocycles. The van der Waals surface area contributed by atoms with Gasteiger partial charge in [-0.1, -0.05) is 18.2 Å². The summed E-state index contributed by atoms with van der Waals surface area (Å²) in [6.07, 6.45) is 0. The number of aryl methyl sites for hydroxylation is 1. The molecular formula is C21H27NO4S. The summed E-state index contributed by atoms with van der Waals surface area (Å²) in [6, 6.07) is 11.6. The number of hydrogen-bond acceptors (Lipinski definition) is 5. The number of aromatic nitrogens is 1. The van der Waals surface area contributed by atoms with Crippen LogP contribution in [-0.2, 0) is 14.3 Å². The molecule has 146 valence electrons. The van der Waals surface area contributed by atoms with Gasteiger partial charge in [0, 0.05) is 29.0 Å². The Hall–Kier alpha value is -2.05. The Bertz CT molecular complexity index is 785. The first kappa shape index (κ1) is 21.3. The molecule has 0 radical (unpaired) electrons. The Labute approximate surface area is 165 Å². The quantitative estimate of drug-likeness (QED) is 0.365. The normalized spacial score (nSPS) is 13.2. The summed E-state index contributed by atoms with van der Waals surface area (Å²) in [4.78, 5) is 25.8. The van der Waals surface area contributed by atoms with Crippen molar-refractivity contribution >= 4 is 23.5 Å². The van der Waals surface area contributed by atoms with Gasteiger partial charge in [-0.05, 0) is 45.9 Å². The van der Waals surface area contributed by atoms with Crippen LogP contribution in [0.5, 0.6) is 0 Å². The monoisotopic (exact) mass is 389 g/mol. The minimum atomic E-state index is -0.390. The molecule has 2 aromatic rings. The van der Waals surface area contributed by atoms with E-state index in [9.17, 15) is 9.59 Å². The molecule has 1 aromatic carbocycles. The molecule has 2 unspecified atom stereocenters. The molecule has 2 atom stereocenters. The van der Waals surface area contributed by atoms with Gasteiger partial charge in [0.1, 0.15) is 5.25 Å². The molecule has 0 aliphatic rings. The molecule has 1 heterocycles. The zero-order valence-electron chi connectivity index (χ0n) is 16.5. The van der Waals surface area contributed by atoms with Crippen molar-refractivity contribution in [3.63, 3.8) is 0 Å². The van der Waals surface area contributed by atoms with Crippen molar-refractivity contribution in [3.8, 4) is 0 Å². The molecule has 0 fully saturated rings. The zero-order valence-corrected chi connectivity index (χ0v) is 17.3. The molecule has 2 rings (SSSR count). The predicted octanol–water partition coefficient (Wildman–Crippen LogP) is 4.22. The predicted molar refractivity (Wildman–Crippen MR) is 108 cm³/mol. The van der Waals surface area contributed by atoms with Crippen molar-refractivity contribution in [2.24, 2.45) is 0 Å². The number of Topliss-reactive ketones (excluding diaryl/α,β-unsaturated/α-hetero) is 1. The second kappa shape index (κ2) is 9.76. The molecule has 0 N–H and O–H groups in total. The zero-order chi connectivity index (χ0) is 20.0. The molecule has 0 bridgehead atoms. The van der Waals surface area contributed by atoms with E-state index in [4.69, 9.17) is 9.47 Å². The maximum Gasteiger partial charge on any atom is 0.319 e. The van der Waals surface area contributed by atoms with Gasteiger partial charge in [-0.2, -0.15) is 0 Å². The Kier molecular flexibility index (Phi) is 7.68. The molecule has 0 amide bonds. The largest absolute Gasteiger partial charge is 0.456 e. The molecule has 0 aliphatic carbocycles. The number of methoxy groups -OCH3 is 1. The van der Waals surface area contributed by atoms with Gasteiger partial charge < -0.3 is 14.0 Å². The Morgan fingerprint density at radius 1 is 1.15 bits per heavy atom. The first-order valence-electron chi connectivity index (χ1n) is 8.94. The van der Waals surface area contributed by atoms with Crippen LogP contribution in [0.4, 0.5) is 0 Å². The Morgan fingerprint density at radius 2 is 1.81 bits per heavy atom. The minimum absolute atomic E-state index is 0.126. The fourth-order valence-corrected chi connectivity index (χ4v) is 4.02. The first-order chi connectivity index (χ1) is 12.8. The van der Waals surface area contributed by atoms with Crippen LogP contribution in [-0.4, -0.2) is 41.9 Å². The highest BCUT2D eigenvalue weighted by molar-refractivity contribution is 8.00. The van der Waals surface area contributed by atoms with E-state index in [1.165, 1.54) is 11.8 Å². The topological polar surface area (TPSA) is 57.5 Å². The third kappa shape index (κ3) is 5.47. The minimum Gasteiger partial charge on any atom is -0.456 e. The lowest BCUT2D eigenvalue weighted by molar-refractivity contribution is -0.141. The summed E-state index contributed by atoms with van der Waals surface area (Å²) in [5.74, 6) is -0.581. The van der Waals surface area contributed by atoms with Gasteiger partial charge in [-0.15, -0.1) is 11.8 Å². The lowest BCUT2D eigenvalue weighted by Crippen LogP contribution is -2.21. The van der Waals surface area contributed by atoms with Crippen LogP contribution in [0.25, 0.3) is 0 Å². The maximum absolute atomic E-state index is 12.6. The summed E-state index contributed by atoms with van der Waals surface area (Å²) < 4.78 is 12.6. The second-order valence-electron chi connectivity index (χ2n) is 6.56. The third-order valence-electron chi connectivity index (χ3n) is 4.37. The van der Waals surface area contributed by atoms with Gasteiger partial charge in [-0.25, -0.2) is 0 Å². The molecule has 0 aliphatic heterocycles. The van der Waals surface area contributed by atoms with Crippen molar-refractivity contribution in [1.82, 2.24) is 4.57 Å². The molecule has 6 heteroatoms. The molecule has 27 heavy (non-hydrogen) atoms. The number of esters is 1. The third-order valence-corrected chi connectivity index (χ3v) is 5.46. The number of nitrogens with zero attached hydrogens (tertiary/aromatic N) is 1. The lowest BCUT2D eigenvalue weighted by atomic mass is 10.1. The van der Waals surface area contributed by atoms with Crippen molar-refractivity contribution in [1.29, 1.82) is 0 Å². The van der Waals surface area contributed by atoms with Crippen molar-refractivity contribution in [3.05, 3.63) is 53.3 Å². The van der Waals surface area contributed by atoms with E-state index < -0.39 is 5.97 Å². The van der Waals surface area contributed by atoms with Gasteiger partial charge >= 0.3 is 5.97 Å². The summed E-state index contributed by atoms with van der Waals surface area (Å²) >= 11 is 1.41. The summed E-state index contributed by atoms with van der Waals surface area (Å²) in [5.41, 5.74) is 2.44. The maximum atomic E-state index is 12.6. The van der Waals surface area contributed by atoms with Crippen LogP contribution in [0.3, 0.4) is 0 Å². The van der Waals surface area contributed by atoms with E-state index in [1.54, 1.807) is 14.0 Å². The van der Waals surface area contributed by atoms with E-state index in [0.717, 1.165) is 16.3 Å². The van der Waals surface area contributed by atoms with Crippen molar-refractivity contribution in [2.75, 3.05) is 20.3 Å². The highest BCUT2D eigenvalue weighted by Crippen LogP contribution is 2.24. The summed E-state index contributed by atoms with van der Waals surface area (Å²) in [6.45, 7) is 8.00. The fraction of sp³-hybridized carbons (Fsp3) is 0.429. The molecular weight excluding hydrogens is 362 g/mol. The van der Waals surface area contributed by atoms with Crippen LogP contribution in [0.2, 0.25) is 0 Å². The molecule has 5 nitrogen and oxygen atoms in total. The first-order valence-corrected chi connectivity index (χ1v) is 9.82. The number of ketones is 1. The number of hydrogen-bond donors (Lipinski definition) is 0. The highest BCUT2D eigenvalue weighted by atomic mass is 32.2. The number of carbonyl (C=O) groups is 2. The summed E-state index contributed by atoms with van der Waals surface area (Å²) in [5, 5.41) is -0.380. The van der Waals surface area contributed by atoms with Gasteiger partial charge in [-0.3, -0.25) is 9.59 Å². The smallest absolute Gasteiger partial charge is 0.319 e. The van der Waals surface area contributed by atoms with Crippen LogP contribution in [0.1, 0.15) is 41.6 Å². The molecule has 0 spiro atoms. The number of thioether (sulfide) groups is 1. The number of rotatable bonds is 9. The average molecular weight is 390 g/mol. The SMILES string of the molecule is COCC(C)n1c(C)cc(C(=O)COC(=O)C(C)Sc2ccccc2)c1C. The Balaban J connectivity index is 1.97. The van der Waals surface area contributed by atoms with E-state index >= 15 is 0 Å². The van der Waals surface area contributed by atoms with E-state index in [1.807, 2.05) is 57.2 Å². The number of ether oxygens (including phenoxy) is 2. The standard InChI is InChI=1S/C21H27NO4S/c1-14-11-19(16(3)22(14)15(2)12-25-5)20(23)13-26-21(24)17(4)27-18-9-7-6-8-10-18/h6-11,15,17H,12-13H2,1-5H3. The van der Waals surface area contributed by atoms with Gasteiger partial charge in [0.15, 0.2) is 6.61 Å². The van der Waals surface area contributed by atoms with Gasteiger partial charge in [0.05, 0.1) is 12.6 Å². The fourth-order valence-electron chi connectivity index (χ4n) is 3.14. The van der Waals surface area contributed by atoms with Crippen LogP contribution in [0.15, 0.2) is 41.3 Å². The second-order valence-corrected chi connectivity index (χ2v) is 7.98. The van der Waals surface area contributed by atoms with Gasteiger partial charge in [0.2, 0.25) is 5.78 Å². The van der Waals surface area contributed by atoms with E-state index in [0.29, 0.717) is 12.2 Å². The van der Waals surface area contributed by atoms with Crippen LogP contribution in [0, 0.1) is 13.8 Å². The number of benzene rings is 1. The lowest BCUT2D eigenvalue weighted by Gasteiger charge is -2.17. The van der Waals surface area contributed by atoms with E-state index in [-0.39, 0.29) is 23.7 Å². The highest BCUT2D eigenvalue weighted by Gasteiger charge is 2.21. The molecule has 0 saturated heterocycles. The molecule has 0 saturated carbocycles. The average Bonchev–Trinajstić information content (AvgIpc) is 2.94. The van der Waals surface area contributed by atoms with E-state index in [2.05, 4.69) is 4.57 Å². The van der Waals surface area contributed by atoms with Crippen LogP contribution < -0.4 is 0 Å².